The molecule has 0 spiro atoms. The highest BCUT2D eigenvalue weighted by Gasteiger charge is 2.41. The van der Waals surface area contributed by atoms with Crippen LogP contribution in [0.1, 0.15) is 19.4 Å². The zero-order valence-corrected chi connectivity index (χ0v) is 15.1. The van der Waals surface area contributed by atoms with E-state index >= 15 is 0 Å². The molecule has 1 N–H and O–H groups in total. The normalized spacial score (nSPS) is 15.4. The number of ether oxygens (including phenoxy) is 1. The number of nitrogens with zero attached hydrogens (tertiary/aromatic N) is 1. The zero-order valence-electron chi connectivity index (χ0n) is 14.3. The van der Waals surface area contributed by atoms with E-state index in [0.29, 0.717) is 22.1 Å². The topological polar surface area (TPSA) is 58.6 Å². The van der Waals surface area contributed by atoms with Gasteiger partial charge in [-0.2, -0.15) is 0 Å². The lowest BCUT2D eigenvalue weighted by atomic mass is 10.0. The van der Waals surface area contributed by atoms with Gasteiger partial charge in [-0.3, -0.25) is 14.5 Å². The Labute approximate surface area is 151 Å². The molecule has 0 fully saturated rings. The van der Waals surface area contributed by atoms with Crippen molar-refractivity contribution in [2.75, 3.05) is 16.8 Å². The number of hydrogen-bond acceptors (Lipinski definition) is 3. The van der Waals surface area contributed by atoms with Crippen molar-refractivity contribution in [3.8, 4) is 5.75 Å². The number of anilines is 2. The molecule has 3 rings (SSSR count). The molecule has 0 saturated carbocycles. The van der Waals surface area contributed by atoms with Gasteiger partial charge in [-0.1, -0.05) is 17.7 Å². The van der Waals surface area contributed by atoms with Crippen LogP contribution in [0.5, 0.6) is 5.75 Å². The quantitative estimate of drug-likeness (QED) is 0.908. The van der Waals surface area contributed by atoms with Crippen LogP contribution in [0.15, 0.2) is 42.5 Å². The van der Waals surface area contributed by atoms with Crippen LogP contribution in [-0.4, -0.2) is 24.0 Å². The van der Waals surface area contributed by atoms with E-state index in [2.05, 4.69) is 5.32 Å². The van der Waals surface area contributed by atoms with Gasteiger partial charge < -0.3 is 10.1 Å². The Balaban J connectivity index is 1.85. The van der Waals surface area contributed by atoms with Gasteiger partial charge >= 0.3 is 0 Å². The molecule has 2 aromatic rings. The van der Waals surface area contributed by atoms with Crippen molar-refractivity contribution in [3.05, 3.63) is 53.1 Å². The van der Waals surface area contributed by atoms with Crippen molar-refractivity contribution in [2.45, 2.75) is 26.4 Å². The number of hydrogen-bond donors (Lipinski definition) is 1. The van der Waals surface area contributed by atoms with Crippen LogP contribution in [0.2, 0.25) is 5.02 Å². The number of benzene rings is 2. The third-order valence-corrected chi connectivity index (χ3v) is 4.21. The van der Waals surface area contributed by atoms with Crippen LogP contribution in [-0.2, 0) is 9.59 Å². The van der Waals surface area contributed by atoms with Crippen LogP contribution in [0, 0.1) is 6.92 Å². The van der Waals surface area contributed by atoms with Gasteiger partial charge in [0.2, 0.25) is 5.91 Å². The van der Waals surface area contributed by atoms with Crippen LogP contribution >= 0.6 is 11.6 Å². The number of rotatable bonds is 3. The largest absolute Gasteiger partial charge is 0.476 e. The lowest BCUT2D eigenvalue weighted by Gasteiger charge is -2.38. The van der Waals surface area contributed by atoms with E-state index in [1.807, 2.05) is 25.1 Å². The number of amides is 2. The number of halogens is 1. The first kappa shape index (κ1) is 17.3. The molecule has 0 bridgehead atoms. The summed E-state index contributed by atoms with van der Waals surface area (Å²) in [5, 5.41) is 3.37. The Morgan fingerprint density at radius 3 is 2.56 bits per heavy atom. The van der Waals surface area contributed by atoms with Gasteiger partial charge in [-0.15, -0.1) is 0 Å². The van der Waals surface area contributed by atoms with Gasteiger partial charge in [0.15, 0.2) is 5.60 Å². The predicted molar refractivity (Wildman–Crippen MR) is 98.3 cm³/mol. The van der Waals surface area contributed by atoms with E-state index in [0.717, 1.165) is 5.56 Å². The highest BCUT2D eigenvalue weighted by atomic mass is 35.5. The summed E-state index contributed by atoms with van der Waals surface area (Å²) < 4.78 is 5.79. The summed E-state index contributed by atoms with van der Waals surface area (Å²) in [4.78, 5) is 26.7. The minimum Gasteiger partial charge on any atom is -0.476 e. The molecule has 1 heterocycles. The van der Waals surface area contributed by atoms with Gasteiger partial charge in [0.05, 0.1) is 5.69 Å². The number of carbonyl (C=O) groups excluding carboxylic acids is 2. The molecule has 1 aliphatic rings. The summed E-state index contributed by atoms with van der Waals surface area (Å²) in [5.41, 5.74) is 1.19. The summed E-state index contributed by atoms with van der Waals surface area (Å²) in [5.74, 6) is 0.0483. The number of carbonyl (C=O) groups is 2. The van der Waals surface area contributed by atoms with Crippen molar-refractivity contribution in [1.29, 1.82) is 0 Å². The second kappa shape index (κ2) is 6.41. The molecule has 0 unspecified atom stereocenters. The molecule has 2 amide bonds. The molecular formula is C19H19ClN2O3. The number of aryl methyl sites for hydroxylation is 1. The molecule has 0 atom stereocenters. The predicted octanol–water partition coefficient (Wildman–Crippen LogP) is 3.79. The minimum absolute atomic E-state index is 0.0926. The maximum absolute atomic E-state index is 12.8. The van der Waals surface area contributed by atoms with E-state index < -0.39 is 5.60 Å². The maximum Gasteiger partial charge on any atom is 0.271 e. The van der Waals surface area contributed by atoms with Gasteiger partial charge in [-0.05, 0) is 62.7 Å². The van der Waals surface area contributed by atoms with E-state index in [4.69, 9.17) is 16.3 Å². The van der Waals surface area contributed by atoms with Crippen LogP contribution in [0.25, 0.3) is 0 Å². The van der Waals surface area contributed by atoms with Crippen molar-refractivity contribution in [2.24, 2.45) is 0 Å². The molecule has 6 heteroatoms. The summed E-state index contributed by atoms with van der Waals surface area (Å²) >= 11 is 5.85. The minimum atomic E-state index is -1.02. The maximum atomic E-state index is 12.8. The molecule has 130 valence electrons. The molecular weight excluding hydrogens is 340 g/mol. The molecule has 5 nitrogen and oxygen atoms in total. The molecule has 0 aromatic heterocycles. The average Bonchev–Trinajstić information content (AvgIpc) is 2.55. The highest BCUT2D eigenvalue weighted by molar-refractivity contribution is 6.30. The lowest BCUT2D eigenvalue weighted by molar-refractivity contribution is -0.133. The van der Waals surface area contributed by atoms with E-state index in [9.17, 15) is 9.59 Å². The summed E-state index contributed by atoms with van der Waals surface area (Å²) in [7, 11) is 0. The van der Waals surface area contributed by atoms with Crippen molar-refractivity contribution < 1.29 is 14.3 Å². The smallest absolute Gasteiger partial charge is 0.271 e. The fourth-order valence-electron chi connectivity index (χ4n) is 2.71. The second-order valence-electron chi connectivity index (χ2n) is 6.53. The third-order valence-electron chi connectivity index (χ3n) is 3.96. The Morgan fingerprint density at radius 2 is 1.88 bits per heavy atom. The van der Waals surface area contributed by atoms with E-state index in [1.165, 1.54) is 4.90 Å². The first-order chi connectivity index (χ1) is 11.8. The SMILES string of the molecule is Cc1ccc2c(c1)N(CC(=O)Nc1ccc(Cl)cc1)C(=O)C(C)(C)O2. The van der Waals surface area contributed by atoms with Gasteiger partial charge in [0.1, 0.15) is 12.3 Å². The molecule has 25 heavy (non-hydrogen) atoms. The summed E-state index contributed by atoms with van der Waals surface area (Å²) in [6.45, 7) is 5.23. The van der Waals surface area contributed by atoms with Gasteiger partial charge in [-0.25, -0.2) is 0 Å². The average molecular weight is 359 g/mol. The standard InChI is InChI=1S/C19H19ClN2O3/c1-12-4-9-16-15(10-12)22(18(24)19(2,3)25-16)11-17(23)21-14-7-5-13(20)6-8-14/h4-10H,11H2,1-3H3,(H,21,23). The van der Waals surface area contributed by atoms with E-state index in [1.54, 1.807) is 38.1 Å². The number of fused-ring (bicyclic) bond motifs is 1. The van der Waals surface area contributed by atoms with Gasteiger partial charge in [0.25, 0.3) is 5.91 Å². The van der Waals surface area contributed by atoms with Crippen molar-refractivity contribution >= 4 is 34.8 Å². The Morgan fingerprint density at radius 1 is 1.20 bits per heavy atom. The highest BCUT2D eigenvalue weighted by Crippen LogP contribution is 2.38. The molecule has 0 aliphatic carbocycles. The Bertz CT molecular complexity index is 831. The van der Waals surface area contributed by atoms with Crippen molar-refractivity contribution in [1.82, 2.24) is 0 Å². The molecule has 0 radical (unpaired) electrons. The van der Waals surface area contributed by atoms with E-state index in [-0.39, 0.29) is 18.4 Å². The Kier molecular flexibility index (Phi) is 4.43. The van der Waals surface area contributed by atoms with Crippen LogP contribution < -0.4 is 15.0 Å². The number of nitrogens with one attached hydrogen (secondary N) is 1. The van der Waals surface area contributed by atoms with Crippen molar-refractivity contribution in [3.63, 3.8) is 0 Å². The van der Waals surface area contributed by atoms with Crippen LogP contribution in [0.3, 0.4) is 0 Å². The monoisotopic (exact) mass is 358 g/mol. The molecule has 2 aromatic carbocycles. The van der Waals surface area contributed by atoms with Gasteiger partial charge in [0, 0.05) is 10.7 Å². The lowest BCUT2D eigenvalue weighted by Crippen LogP contribution is -2.54. The molecule has 1 aliphatic heterocycles. The zero-order chi connectivity index (χ0) is 18.2. The third kappa shape index (κ3) is 3.61. The fourth-order valence-corrected chi connectivity index (χ4v) is 2.84. The fraction of sp³-hybridized carbons (Fsp3) is 0.263. The second-order valence-corrected chi connectivity index (χ2v) is 6.97. The van der Waals surface area contributed by atoms with Crippen LogP contribution in [0.4, 0.5) is 11.4 Å². The first-order valence-corrected chi connectivity index (χ1v) is 8.31. The summed E-state index contributed by atoms with van der Waals surface area (Å²) in [6.07, 6.45) is 0. The summed E-state index contributed by atoms with van der Waals surface area (Å²) in [6, 6.07) is 12.4. The Hall–Kier alpha value is -2.53. The first-order valence-electron chi connectivity index (χ1n) is 7.93. The molecule has 0 saturated heterocycles.